The second-order valence-corrected chi connectivity index (χ2v) is 5.20. The van der Waals surface area contributed by atoms with Crippen LogP contribution in [0.25, 0.3) is 0 Å². The maximum Gasteiger partial charge on any atom is 0.254 e. The van der Waals surface area contributed by atoms with Gasteiger partial charge in [-0.25, -0.2) is 13.2 Å². The number of amides is 1. The topological polar surface area (TPSA) is 58.6 Å². The van der Waals surface area contributed by atoms with Gasteiger partial charge in [0.25, 0.3) is 5.91 Å². The zero-order valence-corrected chi connectivity index (χ0v) is 13.0. The van der Waals surface area contributed by atoms with Crippen molar-refractivity contribution < 1.29 is 27.8 Å². The summed E-state index contributed by atoms with van der Waals surface area (Å²) in [5.74, 6) is -5.02. The van der Waals surface area contributed by atoms with Crippen molar-refractivity contribution in [3.05, 3.63) is 65.0 Å². The lowest BCUT2D eigenvalue weighted by atomic mass is 10.0. The quantitative estimate of drug-likeness (QED) is 0.824. The maximum absolute atomic E-state index is 13.6. The molecule has 0 bridgehead atoms. The molecular formula is C17H16F3NO3. The fraction of sp³-hybridized carbons (Fsp3) is 0.235. The predicted molar refractivity (Wildman–Crippen MR) is 81.2 cm³/mol. The van der Waals surface area contributed by atoms with E-state index in [0.29, 0.717) is 17.4 Å². The van der Waals surface area contributed by atoms with Crippen LogP contribution in [0, 0.1) is 17.5 Å². The first kappa shape index (κ1) is 17.8. The second-order valence-electron chi connectivity index (χ2n) is 5.20. The van der Waals surface area contributed by atoms with Crippen LogP contribution in [0.5, 0.6) is 5.75 Å². The fourth-order valence-electron chi connectivity index (χ4n) is 2.15. The molecule has 0 saturated heterocycles. The molecular weight excluding hydrogens is 323 g/mol. The Morgan fingerprint density at radius 2 is 1.71 bits per heavy atom. The van der Waals surface area contributed by atoms with E-state index >= 15 is 0 Å². The summed E-state index contributed by atoms with van der Waals surface area (Å²) in [6.07, 6.45) is -1.08. The first-order valence-electron chi connectivity index (χ1n) is 7.11. The van der Waals surface area contributed by atoms with Gasteiger partial charge >= 0.3 is 0 Å². The number of hydrogen-bond donors (Lipinski definition) is 2. The normalized spacial score (nSPS) is 13.2. The van der Waals surface area contributed by atoms with Gasteiger partial charge in [0.1, 0.15) is 5.75 Å². The molecule has 0 spiro atoms. The van der Waals surface area contributed by atoms with Gasteiger partial charge < -0.3 is 15.2 Å². The highest BCUT2D eigenvalue weighted by Gasteiger charge is 2.23. The largest absolute Gasteiger partial charge is 0.497 e. The van der Waals surface area contributed by atoms with Crippen molar-refractivity contribution in [2.45, 2.75) is 19.1 Å². The summed E-state index contributed by atoms with van der Waals surface area (Å²) in [6.45, 7) is 1.50. The number of carbonyl (C=O) groups excluding carboxylic acids is 1. The van der Waals surface area contributed by atoms with E-state index in [1.807, 2.05) is 0 Å². The van der Waals surface area contributed by atoms with Crippen molar-refractivity contribution in [2.24, 2.45) is 0 Å². The molecule has 128 valence electrons. The first-order chi connectivity index (χ1) is 11.3. The van der Waals surface area contributed by atoms with Crippen molar-refractivity contribution in [2.75, 3.05) is 7.11 Å². The molecule has 2 aromatic carbocycles. The minimum Gasteiger partial charge on any atom is -0.497 e. The van der Waals surface area contributed by atoms with E-state index in [1.165, 1.54) is 14.0 Å². The van der Waals surface area contributed by atoms with Gasteiger partial charge in [0.05, 0.1) is 24.8 Å². The molecule has 7 heteroatoms. The van der Waals surface area contributed by atoms with Crippen molar-refractivity contribution in [3.8, 4) is 5.75 Å². The molecule has 0 saturated carbocycles. The highest BCUT2D eigenvalue weighted by molar-refractivity contribution is 5.94. The smallest absolute Gasteiger partial charge is 0.254 e. The summed E-state index contributed by atoms with van der Waals surface area (Å²) >= 11 is 0. The molecule has 0 heterocycles. The van der Waals surface area contributed by atoms with Crippen LogP contribution >= 0.6 is 0 Å². The highest BCUT2D eigenvalue weighted by Crippen LogP contribution is 2.21. The highest BCUT2D eigenvalue weighted by atomic mass is 19.2. The molecule has 0 radical (unpaired) electrons. The van der Waals surface area contributed by atoms with Crippen LogP contribution in [-0.2, 0) is 0 Å². The lowest BCUT2D eigenvalue weighted by molar-refractivity contribution is 0.0847. The maximum atomic E-state index is 13.6. The van der Waals surface area contributed by atoms with Gasteiger partial charge in [0, 0.05) is 0 Å². The number of carbonyl (C=O) groups is 1. The van der Waals surface area contributed by atoms with Crippen LogP contribution < -0.4 is 10.1 Å². The third-order valence-electron chi connectivity index (χ3n) is 3.57. The number of ether oxygens (including phenoxy) is 1. The minimum atomic E-state index is -1.72. The van der Waals surface area contributed by atoms with Gasteiger partial charge in [0.2, 0.25) is 0 Å². The zero-order valence-electron chi connectivity index (χ0n) is 13.0. The van der Waals surface area contributed by atoms with Crippen LogP contribution in [0.4, 0.5) is 13.2 Å². The van der Waals surface area contributed by atoms with Crippen molar-refractivity contribution in [1.29, 1.82) is 0 Å². The van der Waals surface area contributed by atoms with E-state index in [2.05, 4.69) is 5.32 Å². The molecule has 2 atom stereocenters. The van der Waals surface area contributed by atoms with Crippen LogP contribution in [-0.4, -0.2) is 24.2 Å². The van der Waals surface area contributed by atoms with Crippen molar-refractivity contribution in [3.63, 3.8) is 0 Å². The SMILES string of the molecule is COc1ccc(C(O)C(C)NC(=O)c2ccc(F)c(F)c2F)cc1. The number of hydrogen-bond acceptors (Lipinski definition) is 3. The van der Waals surface area contributed by atoms with E-state index < -0.39 is 41.1 Å². The summed E-state index contributed by atoms with van der Waals surface area (Å²) in [5.41, 5.74) is -0.128. The Kier molecular flexibility index (Phi) is 5.46. The average Bonchev–Trinajstić information content (AvgIpc) is 2.59. The Bertz CT molecular complexity index is 735. The number of rotatable bonds is 5. The lowest BCUT2D eigenvalue weighted by Crippen LogP contribution is -2.37. The number of nitrogens with one attached hydrogen (secondary N) is 1. The Morgan fingerprint density at radius 1 is 1.08 bits per heavy atom. The van der Waals surface area contributed by atoms with Crippen LogP contribution in [0.15, 0.2) is 36.4 Å². The third kappa shape index (κ3) is 3.68. The average molecular weight is 339 g/mol. The van der Waals surface area contributed by atoms with E-state index in [9.17, 15) is 23.1 Å². The fourth-order valence-corrected chi connectivity index (χ4v) is 2.15. The number of aliphatic hydroxyl groups excluding tert-OH is 1. The van der Waals surface area contributed by atoms with Crippen LogP contribution in [0.1, 0.15) is 28.9 Å². The number of benzene rings is 2. The number of aliphatic hydroxyl groups is 1. The van der Waals surface area contributed by atoms with Crippen molar-refractivity contribution >= 4 is 5.91 Å². The Hall–Kier alpha value is -2.54. The van der Waals surface area contributed by atoms with E-state index in [0.717, 1.165) is 6.07 Å². The summed E-state index contributed by atoms with van der Waals surface area (Å²) in [6, 6.07) is 7.23. The molecule has 24 heavy (non-hydrogen) atoms. The summed E-state index contributed by atoms with van der Waals surface area (Å²) in [7, 11) is 1.50. The molecule has 4 nitrogen and oxygen atoms in total. The van der Waals surface area contributed by atoms with Gasteiger partial charge in [0.15, 0.2) is 17.5 Å². The van der Waals surface area contributed by atoms with Gasteiger partial charge in [-0.15, -0.1) is 0 Å². The Labute approximate surface area is 136 Å². The van der Waals surface area contributed by atoms with E-state index in [-0.39, 0.29) is 0 Å². The number of halogens is 3. The Morgan fingerprint density at radius 3 is 2.29 bits per heavy atom. The molecule has 0 aliphatic heterocycles. The van der Waals surface area contributed by atoms with Gasteiger partial charge in [-0.3, -0.25) is 4.79 Å². The Balaban J connectivity index is 2.11. The molecule has 2 aromatic rings. The molecule has 2 rings (SSSR count). The monoisotopic (exact) mass is 339 g/mol. The summed E-state index contributed by atoms with van der Waals surface area (Å²) in [5, 5.41) is 12.6. The molecule has 2 N–H and O–H groups in total. The van der Waals surface area contributed by atoms with Crippen LogP contribution in [0.3, 0.4) is 0 Å². The minimum absolute atomic E-state index is 0.509. The predicted octanol–water partition coefficient (Wildman–Crippen LogP) is 2.96. The van der Waals surface area contributed by atoms with Gasteiger partial charge in [-0.05, 0) is 36.8 Å². The third-order valence-corrected chi connectivity index (χ3v) is 3.57. The lowest BCUT2D eigenvalue weighted by Gasteiger charge is -2.21. The van der Waals surface area contributed by atoms with Crippen LogP contribution in [0.2, 0.25) is 0 Å². The van der Waals surface area contributed by atoms with E-state index in [4.69, 9.17) is 4.74 Å². The van der Waals surface area contributed by atoms with E-state index in [1.54, 1.807) is 24.3 Å². The molecule has 2 unspecified atom stereocenters. The molecule has 0 fully saturated rings. The van der Waals surface area contributed by atoms with Gasteiger partial charge in [-0.1, -0.05) is 12.1 Å². The molecule has 0 aliphatic rings. The zero-order chi connectivity index (χ0) is 17.9. The summed E-state index contributed by atoms with van der Waals surface area (Å²) < 4.78 is 44.7. The van der Waals surface area contributed by atoms with Gasteiger partial charge in [-0.2, -0.15) is 0 Å². The second kappa shape index (κ2) is 7.35. The summed E-state index contributed by atoms with van der Waals surface area (Å²) in [4.78, 5) is 12.0. The molecule has 0 aromatic heterocycles. The molecule has 1 amide bonds. The van der Waals surface area contributed by atoms with Crippen molar-refractivity contribution in [1.82, 2.24) is 5.32 Å². The number of methoxy groups -OCH3 is 1. The first-order valence-corrected chi connectivity index (χ1v) is 7.11. The molecule has 0 aliphatic carbocycles. The standard InChI is InChI=1S/C17H16F3NO3/c1-9(16(22)10-3-5-11(24-2)6-4-10)21-17(23)12-7-8-13(18)15(20)14(12)19/h3-9,16,22H,1-2H3,(H,21,23).